The zero-order chi connectivity index (χ0) is 21.3. The van der Waals surface area contributed by atoms with Gasteiger partial charge in [-0.3, -0.25) is 9.59 Å². The number of benzene rings is 2. The number of carbonyl (C=O) groups excluding carboxylic acids is 2. The van der Waals surface area contributed by atoms with Crippen LogP contribution in [-0.4, -0.2) is 40.4 Å². The van der Waals surface area contributed by atoms with Crippen LogP contribution in [0.1, 0.15) is 27.9 Å². The fraction of sp³-hybridized carbons (Fsp3) is 0.261. The molecule has 0 fully saturated rings. The van der Waals surface area contributed by atoms with Gasteiger partial charge in [-0.2, -0.15) is 0 Å². The van der Waals surface area contributed by atoms with Crippen LogP contribution in [-0.2, 0) is 24.4 Å². The second-order valence-corrected chi connectivity index (χ2v) is 7.42. The number of aryl methyl sites for hydroxylation is 1. The van der Waals surface area contributed by atoms with E-state index in [-0.39, 0.29) is 11.8 Å². The highest BCUT2D eigenvalue weighted by molar-refractivity contribution is 5.97. The lowest BCUT2D eigenvalue weighted by atomic mass is 10.1. The molecule has 30 heavy (non-hydrogen) atoms. The van der Waals surface area contributed by atoms with E-state index in [0.29, 0.717) is 30.8 Å². The van der Waals surface area contributed by atoms with Gasteiger partial charge in [0.1, 0.15) is 0 Å². The van der Waals surface area contributed by atoms with Crippen molar-refractivity contribution in [1.82, 2.24) is 19.8 Å². The van der Waals surface area contributed by atoms with Crippen LogP contribution in [0.5, 0.6) is 0 Å². The number of aromatic nitrogens is 2. The monoisotopic (exact) mass is 405 g/mol. The molecule has 3 rings (SSSR count). The van der Waals surface area contributed by atoms with Gasteiger partial charge >= 0.3 is 0 Å². The van der Waals surface area contributed by atoms with Crippen LogP contribution in [0.4, 0.5) is 5.69 Å². The summed E-state index contributed by atoms with van der Waals surface area (Å²) in [5.74, 6) is -0.291. The second-order valence-electron chi connectivity index (χ2n) is 7.42. The van der Waals surface area contributed by atoms with E-state index in [9.17, 15) is 9.59 Å². The Kier molecular flexibility index (Phi) is 7.34. The van der Waals surface area contributed by atoms with E-state index in [1.54, 1.807) is 36.8 Å². The molecule has 0 saturated heterocycles. The summed E-state index contributed by atoms with van der Waals surface area (Å²) in [5, 5.41) is 5.77. The molecular weight excluding hydrogens is 378 g/mol. The molecule has 3 aromatic rings. The van der Waals surface area contributed by atoms with E-state index in [2.05, 4.69) is 32.7 Å². The summed E-state index contributed by atoms with van der Waals surface area (Å²) in [7, 11) is 4.06. The summed E-state index contributed by atoms with van der Waals surface area (Å²) in [6.45, 7) is 1.88. The first-order chi connectivity index (χ1) is 14.5. The quantitative estimate of drug-likeness (QED) is 0.574. The first kappa shape index (κ1) is 21.3. The largest absolute Gasteiger partial charge is 0.348 e. The molecule has 156 valence electrons. The Morgan fingerprint density at radius 3 is 2.53 bits per heavy atom. The Bertz CT molecular complexity index is 966. The lowest BCUT2D eigenvalue weighted by Gasteiger charge is -2.11. The average Bonchev–Trinajstić information content (AvgIpc) is 3.25. The Hall–Kier alpha value is -3.45. The molecule has 0 aliphatic heterocycles. The molecule has 0 unspecified atom stereocenters. The van der Waals surface area contributed by atoms with Crippen LogP contribution in [0, 0.1) is 0 Å². The average molecular weight is 406 g/mol. The number of amides is 2. The van der Waals surface area contributed by atoms with Crippen molar-refractivity contribution in [3.63, 3.8) is 0 Å². The van der Waals surface area contributed by atoms with Crippen LogP contribution >= 0.6 is 0 Å². The van der Waals surface area contributed by atoms with E-state index in [0.717, 1.165) is 12.1 Å². The maximum Gasteiger partial charge on any atom is 0.251 e. The van der Waals surface area contributed by atoms with Crippen molar-refractivity contribution in [3.8, 4) is 0 Å². The molecule has 0 spiro atoms. The summed E-state index contributed by atoms with van der Waals surface area (Å²) in [5.41, 5.74) is 3.37. The number of hydrogen-bond donors (Lipinski definition) is 2. The number of nitrogens with one attached hydrogen (secondary N) is 2. The standard InChI is InChI=1S/C23H27N5O2/c1-27(2)16-19-8-6-18(7-9-19)15-25-23(30)20-4-3-5-21(14-20)26-22(29)10-12-28-13-11-24-17-28/h3-9,11,13-14,17H,10,12,15-16H2,1-2H3,(H,25,30)(H,26,29). The molecule has 0 aliphatic rings. The lowest BCUT2D eigenvalue weighted by Crippen LogP contribution is -2.23. The number of hydrogen-bond acceptors (Lipinski definition) is 4. The van der Waals surface area contributed by atoms with Crippen molar-refractivity contribution in [2.45, 2.75) is 26.1 Å². The van der Waals surface area contributed by atoms with Gasteiger partial charge in [0.2, 0.25) is 5.91 Å². The first-order valence-corrected chi connectivity index (χ1v) is 9.86. The fourth-order valence-electron chi connectivity index (χ4n) is 3.02. The predicted molar refractivity (Wildman–Crippen MR) is 117 cm³/mol. The number of anilines is 1. The normalized spacial score (nSPS) is 10.8. The van der Waals surface area contributed by atoms with Crippen molar-refractivity contribution in [1.29, 1.82) is 0 Å². The lowest BCUT2D eigenvalue weighted by molar-refractivity contribution is -0.116. The van der Waals surface area contributed by atoms with Crippen molar-refractivity contribution in [3.05, 3.63) is 83.9 Å². The third-order valence-electron chi connectivity index (χ3n) is 4.54. The van der Waals surface area contributed by atoms with Gasteiger partial charge in [0.15, 0.2) is 0 Å². The van der Waals surface area contributed by atoms with E-state index in [1.165, 1.54) is 5.56 Å². The highest BCUT2D eigenvalue weighted by Gasteiger charge is 2.08. The zero-order valence-electron chi connectivity index (χ0n) is 17.3. The summed E-state index contributed by atoms with van der Waals surface area (Å²) >= 11 is 0. The van der Waals surface area contributed by atoms with E-state index < -0.39 is 0 Å². The summed E-state index contributed by atoms with van der Waals surface area (Å²) < 4.78 is 1.84. The van der Waals surface area contributed by atoms with Crippen molar-refractivity contribution >= 4 is 17.5 Å². The molecule has 0 radical (unpaired) electrons. The second kappa shape index (κ2) is 10.4. The fourth-order valence-corrected chi connectivity index (χ4v) is 3.02. The molecule has 0 aliphatic carbocycles. The Morgan fingerprint density at radius 2 is 1.83 bits per heavy atom. The maximum atomic E-state index is 12.5. The molecule has 2 amide bonds. The Balaban J connectivity index is 1.50. The van der Waals surface area contributed by atoms with Crippen LogP contribution in [0.2, 0.25) is 0 Å². The Labute approximate surface area is 176 Å². The van der Waals surface area contributed by atoms with Gasteiger partial charge in [-0.15, -0.1) is 0 Å². The summed E-state index contributed by atoms with van der Waals surface area (Å²) in [4.78, 5) is 30.7. The number of carbonyl (C=O) groups is 2. The molecule has 1 aromatic heterocycles. The minimum absolute atomic E-state index is 0.112. The van der Waals surface area contributed by atoms with Crippen molar-refractivity contribution in [2.75, 3.05) is 19.4 Å². The van der Waals surface area contributed by atoms with Gasteiger partial charge < -0.3 is 20.1 Å². The molecule has 7 nitrogen and oxygen atoms in total. The molecule has 0 bridgehead atoms. The predicted octanol–water partition coefficient (Wildman–Crippen LogP) is 2.90. The summed E-state index contributed by atoms with van der Waals surface area (Å²) in [6, 6.07) is 15.1. The van der Waals surface area contributed by atoms with Crippen molar-refractivity contribution < 1.29 is 9.59 Å². The zero-order valence-corrected chi connectivity index (χ0v) is 17.3. The first-order valence-electron chi connectivity index (χ1n) is 9.86. The smallest absolute Gasteiger partial charge is 0.251 e. The number of nitrogens with zero attached hydrogens (tertiary/aromatic N) is 3. The van der Waals surface area contributed by atoms with Gasteiger partial charge in [-0.1, -0.05) is 30.3 Å². The summed E-state index contributed by atoms with van der Waals surface area (Å²) in [6.07, 6.45) is 5.50. The molecule has 0 saturated carbocycles. The molecular formula is C23H27N5O2. The van der Waals surface area contributed by atoms with E-state index in [1.807, 2.05) is 37.0 Å². The molecule has 0 atom stereocenters. The van der Waals surface area contributed by atoms with Gasteiger partial charge in [-0.05, 0) is 43.4 Å². The van der Waals surface area contributed by atoms with Crippen LogP contribution in [0.15, 0.2) is 67.3 Å². The minimum Gasteiger partial charge on any atom is -0.348 e. The highest BCUT2D eigenvalue weighted by Crippen LogP contribution is 2.12. The molecule has 1 heterocycles. The van der Waals surface area contributed by atoms with E-state index in [4.69, 9.17) is 0 Å². The topological polar surface area (TPSA) is 79.3 Å². The minimum atomic E-state index is -0.179. The van der Waals surface area contributed by atoms with Crippen LogP contribution in [0.25, 0.3) is 0 Å². The molecule has 7 heteroatoms. The van der Waals surface area contributed by atoms with Gasteiger partial charge in [-0.25, -0.2) is 4.98 Å². The van der Waals surface area contributed by atoms with Gasteiger partial charge in [0, 0.05) is 49.7 Å². The maximum absolute atomic E-state index is 12.5. The third-order valence-corrected chi connectivity index (χ3v) is 4.54. The molecule has 2 aromatic carbocycles. The SMILES string of the molecule is CN(C)Cc1ccc(CNC(=O)c2cccc(NC(=O)CCn3ccnc3)c2)cc1. The van der Waals surface area contributed by atoms with Crippen molar-refractivity contribution in [2.24, 2.45) is 0 Å². The van der Waals surface area contributed by atoms with E-state index >= 15 is 0 Å². The van der Waals surface area contributed by atoms with Crippen LogP contribution in [0.3, 0.4) is 0 Å². The number of imidazole rings is 1. The third kappa shape index (κ3) is 6.56. The molecule has 2 N–H and O–H groups in total. The van der Waals surface area contributed by atoms with Crippen LogP contribution < -0.4 is 10.6 Å². The van der Waals surface area contributed by atoms with Gasteiger partial charge in [0.25, 0.3) is 5.91 Å². The number of rotatable bonds is 9. The Morgan fingerprint density at radius 1 is 1.07 bits per heavy atom. The highest BCUT2D eigenvalue weighted by atomic mass is 16.2. The van der Waals surface area contributed by atoms with Gasteiger partial charge in [0.05, 0.1) is 6.33 Å².